The fourth-order valence-electron chi connectivity index (χ4n) is 3.41. The van der Waals surface area contributed by atoms with Crippen molar-refractivity contribution in [2.45, 2.75) is 38.3 Å². The van der Waals surface area contributed by atoms with Crippen LogP contribution in [0, 0.1) is 5.92 Å². The molecule has 21 heavy (non-hydrogen) atoms. The quantitative estimate of drug-likeness (QED) is 0.871. The zero-order valence-corrected chi connectivity index (χ0v) is 13.0. The first-order valence-corrected chi connectivity index (χ1v) is 9.08. The van der Waals surface area contributed by atoms with E-state index in [4.69, 9.17) is 5.73 Å². The molecule has 1 saturated carbocycles. The van der Waals surface area contributed by atoms with Crippen LogP contribution in [0.15, 0.2) is 24.3 Å². The molecule has 0 radical (unpaired) electrons. The Kier molecular flexibility index (Phi) is 4.31. The average Bonchev–Trinajstić information content (AvgIpc) is 2.93. The normalized spacial score (nSPS) is 26.7. The highest BCUT2D eigenvalue weighted by molar-refractivity contribution is 7.87. The van der Waals surface area contributed by atoms with Crippen molar-refractivity contribution in [3.8, 4) is 0 Å². The SMILES string of the molecule is NCC1CCCC1NS(=O)(=O)N1CCc2ccccc2C1. The summed E-state index contributed by atoms with van der Waals surface area (Å²) in [4.78, 5) is 0. The van der Waals surface area contributed by atoms with Crippen molar-refractivity contribution in [3.63, 3.8) is 0 Å². The maximum absolute atomic E-state index is 12.6. The summed E-state index contributed by atoms with van der Waals surface area (Å²) in [6, 6.07) is 8.05. The lowest BCUT2D eigenvalue weighted by atomic mass is 10.0. The molecule has 1 aromatic carbocycles. The number of fused-ring (bicyclic) bond motifs is 1. The smallest absolute Gasteiger partial charge is 0.280 e. The Hall–Kier alpha value is -0.950. The highest BCUT2D eigenvalue weighted by Crippen LogP contribution is 2.27. The fraction of sp³-hybridized carbons (Fsp3) is 0.600. The van der Waals surface area contributed by atoms with Crippen LogP contribution in [-0.4, -0.2) is 31.9 Å². The van der Waals surface area contributed by atoms with Crippen LogP contribution in [-0.2, 0) is 23.2 Å². The van der Waals surface area contributed by atoms with E-state index in [1.165, 1.54) is 5.56 Å². The van der Waals surface area contributed by atoms with Gasteiger partial charge in [-0.2, -0.15) is 17.4 Å². The molecule has 5 nitrogen and oxygen atoms in total. The van der Waals surface area contributed by atoms with E-state index >= 15 is 0 Å². The van der Waals surface area contributed by atoms with Gasteiger partial charge in [-0.15, -0.1) is 0 Å². The van der Waals surface area contributed by atoms with Crippen molar-refractivity contribution in [1.82, 2.24) is 9.03 Å². The summed E-state index contributed by atoms with van der Waals surface area (Å²) < 4.78 is 29.6. The maximum atomic E-state index is 12.6. The van der Waals surface area contributed by atoms with Gasteiger partial charge in [0, 0.05) is 19.1 Å². The molecule has 3 N–H and O–H groups in total. The molecule has 1 aliphatic carbocycles. The summed E-state index contributed by atoms with van der Waals surface area (Å²) in [6.07, 6.45) is 3.75. The van der Waals surface area contributed by atoms with Crippen LogP contribution in [0.1, 0.15) is 30.4 Å². The van der Waals surface area contributed by atoms with Crippen LogP contribution in [0.5, 0.6) is 0 Å². The number of nitrogens with zero attached hydrogens (tertiary/aromatic N) is 1. The Morgan fingerprint density at radius 3 is 2.76 bits per heavy atom. The Bertz CT molecular complexity index is 603. The number of hydrogen-bond donors (Lipinski definition) is 2. The molecule has 2 atom stereocenters. The molecular formula is C15H23N3O2S. The zero-order valence-electron chi connectivity index (χ0n) is 12.2. The summed E-state index contributed by atoms with van der Waals surface area (Å²) in [5.41, 5.74) is 8.10. The Morgan fingerprint density at radius 1 is 1.24 bits per heavy atom. The fourth-order valence-corrected chi connectivity index (χ4v) is 4.90. The van der Waals surface area contributed by atoms with Gasteiger partial charge in [-0.05, 0) is 42.9 Å². The second kappa shape index (κ2) is 6.04. The summed E-state index contributed by atoms with van der Waals surface area (Å²) in [7, 11) is -3.42. The lowest BCUT2D eigenvalue weighted by Crippen LogP contribution is -2.48. The third-order valence-corrected chi connectivity index (χ3v) is 6.29. The zero-order chi connectivity index (χ0) is 14.9. The lowest BCUT2D eigenvalue weighted by Gasteiger charge is -2.30. The number of hydrogen-bond acceptors (Lipinski definition) is 3. The second-order valence-corrected chi connectivity index (χ2v) is 7.71. The first-order chi connectivity index (χ1) is 10.1. The van der Waals surface area contributed by atoms with Crippen molar-refractivity contribution < 1.29 is 8.42 Å². The van der Waals surface area contributed by atoms with E-state index in [-0.39, 0.29) is 12.0 Å². The molecule has 3 rings (SSSR count). The summed E-state index contributed by atoms with van der Waals surface area (Å²) >= 11 is 0. The van der Waals surface area contributed by atoms with Gasteiger partial charge in [-0.3, -0.25) is 0 Å². The first-order valence-electron chi connectivity index (χ1n) is 7.64. The van der Waals surface area contributed by atoms with Crippen LogP contribution in [0.4, 0.5) is 0 Å². The van der Waals surface area contributed by atoms with Crippen molar-refractivity contribution in [1.29, 1.82) is 0 Å². The highest BCUT2D eigenvalue weighted by Gasteiger charge is 2.33. The number of nitrogens with two attached hydrogens (primary N) is 1. The molecule has 1 fully saturated rings. The molecule has 0 amide bonds. The maximum Gasteiger partial charge on any atom is 0.280 e. The minimum absolute atomic E-state index is 0.00262. The minimum atomic E-state index is -3.42. The lowest BCUT2D eigenvalue weighted by molar-refractivity contribution is 0.367. The van der Waals surface area contributed by atoms with Gasteiger partial charge in [-0.25, -0.2) is 0 Å². The van der Waals surface area contributed by atoms with Crippen molar-refractivity contribution in [2.75, 3.05) is 13.1 Å². The van der Waals surface area contributed by atoms with Gasteiger partial charge in [-0.1, -0.05) is 30.7 Å². The molecule has 2 aliphatic rings. The first kappa shape index (κ1) is 15.0. The van der Waals surface area contributed by atoms with Crippen LogP contribution in [0.3, 0.4) is 0 Å². The molecule has 0 saturated heterocycles. The number of nitrogens with one attached hydrogen (secondary N) is 1. The van der Waals surface area contributed by atoms with Gasteiger partial charge in [0.2, 0.25) is 0 Å². The van der Waals surface area contributed by atoms with Crippen molar-refractivity contribution in [2.24, 2.45) is 11.7 Å². The van der Waals surface area contributed by atoms with E-state index < -0.39 is 10.2 Å². The topological polar surface area (TPSA) is 75.4 Å². The molecule has 116 valence electrons. The minimum Gasteiger partial charge on any atom is -0.330 e. The summed E-state index contributed by atoms with van der Waals surface area (Å²) in [5, 5.41) is 0. The van der Waals surface area contributed by atoms with Gasteiger partial charge in [0.25, 0.3) is 10.2 Å². The molecule has 1 heterocycles. The monoisotopic (exact) mass is 309 g/mol. The molecule has 6 heteroatoms. The van der Waals surface area contributed by atoms with Gasteiger partial charge in [0.05, 0.1) is 0 Å². The van der Waals surface area contributed by atoms with E-state index in [0.717, 1.165) is 31.2 Å². The van der Waals surface area contributed by atoms with Crippen LogP contribution >= 0.6 is 0 Å². The Morgan fingerprint density at radius 2 is 2.00 bits per heavy atom. The van der Waals surface area contributed by atoms with Gasteiger partial charge < -0.3 is 5.73 Å². The van der Waals surface area contributed by atoms with Crippen LogP contribution in [0.2, 0.25) is 0 Å². The Balaban J connectivity index is 1.71. The number of rotatable bonds is 4. The molecule has 0 bridgehead atoms. The van der Waals surface area contributed by atoms with E-state index in [0.29, 0.717) is 19.6 Å². The van der Waals surface area contributed by atoms with E-state index in [1.807, 2.05) is 18.2 Å². The number of benzene rings is 1. The highest BCUT2D eigenvalue weighted by atomic mass is 32.2. The van der Waals surface area contributed by atoms with Crippen molar-refractivity contribution in [3.05, 3.63) is 35.4 Å². The second-order valence-electron chi connectivity index (χ2n) is 6.01. The summed E-state index contributed by atoms with van der Waals surface area (Å²) in [5.74, 6) is 0.275. The van der Waals surface area contributed by atoms with E-state index in [1.54, 1.807) is 4.31 Å². The van der Waals surface area contributed by atoms with Gasteiger partial charge in [0.15, 0.2) is 0 Å². The standard InChI is InChI=1S/C15H23N3O2S/c16-10-13-6-3-7-15(13)17-21(19,20)18-9-8-12-4-1-2-5-14(12)11-18/h1-2,4-5,13,15,17H,3,6-11,16H2. The van der Waals surface area contributed by atoms with Gasteiger partial charge in [0.1, 0.15) is 0 Å². The third-order valence-electron chi connectivity index (χ3n) is 4.70. The molecule has 0 aromatic heterocycles. The van der Waals surface area contributed by atoms with Crippen LogP contribution < -0.4 is 10.5 Å². The predicted octanol–water partition coefficient (Wildman–Crippen LogP) is 1.01. The molecule has 1 aromatic rings. The molecule has 1 aliphatic heterocycles. The Labute approximate surface area is 126 Å². The summed E-state index contributed by atoms with van der Waals surface area (Å²) in [6.45, 7) is 1.56. The molecule has 2 unspecified atom stereocenters. The largest absolute Gasteiger partial charge is 0.330 e. The third kappa shape index (κ3) is 3.13. The van der Waals surface area contributed by atoms with E-state index in [2.05, 4.69) is 10.8 Å². The molecule has 0 spiro atoms. The van der Waals surface area contributed by atoms with Gasteiger partial charge >= 0.3 is 0 Å². The molecular weight excluding hydrogens is 286 g/mol. The average molecular weight is 309 g/mol. The predicted molar refractivity (Wildman–Crippen MR) is 82.8 cm³/mol. The van der Waals surface area contributed by atoms with Crippen molar-refractivity contribution >= 4 is 10.2 Å². The van der Waals surface area contributed by atoms with E-state index in [9.17, 15) is 8.42 Å². The van der Waals surface area contributed by atoms with Crippen LogP contribution in [0.25, 0.3) is 0 Å².